The highest BCUT2D eigenvalue weighted by Crippen LogP contribution is 2.11. The van der Waals surface area contributed by atoms with Crippen molar-refractivity contribution in [3.63, 3.8) is 0 Å². The van der Waals surface area contributed by atoms with E-state index in [1.165, 1.54) is 0 Å². The Labute approximate surface area is 96.2 Å². The first-order chi connectivity index (χ1) is 7.66. The van der Waals surface area contributed by atoms with Crippen molar-refractivity contribution in [3.05, 3.63) is 11.6 Å². The van der Waals surface area contributed by atoms with E-state index in [1.807, 2.05) is 11.7 Å². The van der Waals surface area contributed by atoms with Crippen LogP contribution in [0.2, 0.25) is 0 Å². The summed E-state index contributed by atoms with van der Waals surface area (Å²) in [5, 5.41) is 7.73. The van der Waals surface area contributed by atoms with Gasteiger partial charge in [-0.1, -0.05) is 13.8 Å². The summed E-state index contributed by atoms with van der Waals surface area (Å²) in [5.74, 6) is 2.31. The maximum Gasteiger partial charge on any atom is 0.153 e. The molecule has 1 N–H and O–H groups in total. The Morgan fingerprint density at radius 2 is 2.38 bits per heavy atom. The van der Waals surface area contributed by atoms with Gasteiger partial charge < -0.3 is 10.1 Å². The summed E-state index contributed by atoms with van der Waals surface area (Å²) < 4.78 is 7.53. The number of morpholine rings is 1. The van der Waals surface area contributed by atoms with Gasteiger partial charge in [0, 0.05) is 32.5 Å². The molecule has 1 aliphatic rings. The lowest BCUT2D eigenvalue weighted by atomic mass is 10.2. The highest BCUT2D eigenvalue weighted by atomic mass is 16.5. The summed E-state index contributed by atoms with van der Waals surface area (Å²) in [7, 11) is 1.95. The average molecular weight is 224 g/mol. The first-order valence-electron chi connectivity index (χ1n) is 5.89. The summed E-state index contributed by atoms with van der Waals surface area (Å²) in [5.41, 5.74) is 0. The summed E-state index contributed by atoms with van der Waals surface area (Å²) in [6.45, 7) is 6.87. The number of rotatable bonds is 3. The van der Waals surface area contributed by atoms with Gasteiger partial charge in [0.15, 0.2) is 5.82 Å². The second-order valence-electron chi connectivity index (χ2n) is 4.57. The van der Waals surface area contributed by atoms with Gasteiger partial charge >= 0.3 is 0 Å². The van der Waals surface area contributed by atoms with E-state index >= 15 is 0 Å². The number of hydrogen-bond donors (Lipinski definition) is 1. The van der Waals surface area contributed by atoms with Crippen molar-refractivity contribution >= 4 is 0 Å². The van der Waals surface area contributed by atoms with Crippen LogP contribution in [0.5, 0.6) is 0 Å². The molecule has 0 saturated carbocycles. The largest absolute Gasteiger partial charge is 0.375 e. The van der Waals surface area contributed by atoms with E-state index in [9.17, 15) is 0 Å². The molecule has 1 aromatic heterocycles. The van der Waals surface area contributed by atoms with Crippen LogP contribution in [0.25, 0.3) is 0 Å². The average Bonchev–Trinajstić information content (AvgIpc) is 2.62. The molecule has 16 heavy (non-hydrogen) atoms. The molecule has 1 atom stereocenters. The first kappa shape index (κ1) is 11.5. The van der Waals surface area contributed by atoms with Crippen molar-refractivity contribution in [2.75, 3.05) is 19.7 Å². The molecule has 0 radical (unpaired) electrons. The Hall–Kier alpha value is -0.940. The van der Waals surface area contributed by atoms with Crippen LogP contribution < -0.4 is 5.32 Å². The topological polar surface area (TPSA) is 52.0 Å². The van der Waals surface area contributed by atoms with Crippen molar-refractivity contribution in [1.29, 1.82) is 0 Å². The van der Waals surface area contributed by atoms with Gasteiger partial charge in [-0.25, -0.2) is 4.98 Å². The quantitative estimate of drug-likeness (QED) is 0.811. The van der Waals surface area contributed by atoms with Crippen LogP contribution in [0.4, 0.5) is 0 Å². The van der Waals surface area contributed by atoms with Crippen LogP contribution in [0, 0.1) is 0 Å². The standard InChI is InChI=1S/C11H20N4O/c1-8(2)11-13-10(15(3)14-11)6-9-7-12-4-5-16-9/h8-9,12H,4-7H2,1-3H3. The molecule has 1 fully saturated rings. The molecule has 2 rings (SSSR count). The van der Waals surface area contributed by atoms with Gasteiger partial charge in [0.2, 0.25) is 0 Å². The normalized spacial score (nSPS) is 21.6. The molecule has 0 aliphatic carbocycles. The van der Waals surface area contributed by atoms with Crippen LogP contribution in [-0.2, 0) is 18.2 Å². The van der Waals surface area contributed by atoms with E-state index in [-0.39, 0.29) is 6.10 Å². The van der Waals surface area contributed by atoms with E-state index < -0.39 is 0 Å². The smallest absolute Gasteiger partial charge is 0.153 e. The van der Waals surface area contributed by atoms with Crippen molar-refractivity contribution in [1.82, 2.24) is 20.1 Å². The fourth-order valence-corrected chi connectivity index (χ4v) is 1.82. The van der Waals surface area contributed by atoms with E-state index in [1.54, 1.807) is 0 Å². The highest BCUT2D eigenvalue weighted by molar-refractivity contribution is 4.98. The molecular formula is C11H20N4O. The fraction of sp³-hybridized carbons (Fsp3) is 0.818. The zero-order valence-electron chi connectivity index (χ0n) is 10.2. The lowest BCUT2D eigenvalue weighted by Crippen LogP contribution is -2.40. The number of nitrogens with zero attached hydrogens (tertiary/aromatic N) is 3. The van der Waals surface area contributed by atoms with Crippen molar-refractivity contribution in [3.8, 4) is 0 Å². The minimum Gasteiger partial charge on any atom is -0.375 e. The Bertz CT molecular complexity index is 342. The third-order valence-corrected chi connectivity index (χ3v) is 2.80. The van der Waals surface area contributed by atoms with E-state index in [4.69, 9.17) is 4.74 Å². The number of nitrogens with one attached hydrogen (secondary N) is 1. The number of ether oxygens (including phenoxy) is 1. The van der Waals surface area contributed by atoms with Crippen molar-refractivity contribution < 1.29 is 4.74 Å². The predicted molar refractivity (Wildman–Crippen MR) is 61.4 cm³/mol. The van der Waals surface area contributed by atoms with Crippen LogP contribution in [0.1, 0.15) is 31.4 Å². The Kier molecular flexibility index (Phi) is 3.56. The third-order valence-electron chi connectivity index (χ3n) is 2.80. The molecule has 1 saturated heterocycles. The molecule has 90 valence electrons. The lowest BCUT2D eigenvalue weighted by molar-refractivity contribution is 0.0275. The maximum absolute atomic E-state index is 5.66. The van der Waals surface area contributed by atoms with Gasteiger partial charge in [-0.3, -0.25) is 4.68 Å². The SMILES string of the molecule is CC(C)c1nc(CC2CNCCO2)n(C)n1. The van der Waals surface area contributed by atoms with Gasteiger partial charge in [-0.05, 0) is 0 Å². The van der Waals surface area contributed by atoms with Crippen LogP contribution in [-0.4, -0.2) is 40.6 Å². The minimum atomic E-state index is 0.233. The summed E-state index contributed by atoms with van der Waals surface area (Å²) in [6, 6.07) is 0. The molecule has 0 bridgehead atoms. The van der Waals surface area contributed by atoms with E-state index in [0.717, 1.165) is 37.8 Å². The molecule has 5 heteroatoms. The molecule has 1 aromatic rings. The van der Waals surface area contributed by atoms with Gasteiger partial charge in [0.25, 0.3) is 0 Å². The van der Waals surface area contributed by atoms with Gasteiger partial charge in [0.1, 0.15) is 5.82 Å². The van der Waals surface area contributed by atoms with Crippen molar-refractivity contribution in [2.24, 2.45) is 7.05 Å². The Morgan fingerprint density at radius 1 is 1.56 bits per heavy atom. The molecule has 5 nitrogen and oxygen atoms in total. The highest BCUT2D eigenvalue weighted by Gasteiger charge is 2.18. The lowest BCUT2D eigenvalue weighted by Gasteiger charge is -2.22. The third kappa shape index (κ3) is 2.59. The second-order valence-corrected chi connectivity index (χ2v) is 4.57. The predicted octanol–water partition coefficient (Wildman–Crippen LogP) is 0.469. The van der Waals surface area contributed by atoms with E-state index in [0.29, 0.717) is 5.92 Å². The van der Waals surface area contributed by atoms with Crippen molar-refractivity contribution in [2.45, 2.75) is 32.3 Å². The Morgan fingerprint density at radius 3 is 2.94 bits per heavy atom. The second kappa shape index (κ2) is 4.93. The fourth-order valence-electron chi connectivity index (χ4n) is 1.82. The van der Waals surface area contributed by atoms with E-state index in [2.05, 4.69) is 29.2 Å². The summed E-state index contributed by atoms with van der Waals surface area (Å²) in [6.07, 6.45) is 1.07. The van der Waals surface area contributed by atoms with Gasteiger partial charge in [-0.2, -0.15) is 5.10 Å². The first-order valence-corrected chi connectivity index (χ1v) is 5.89. The van der Waals surface area contributed by atoms with Gasteiger partial charge in [-0.15, -0.1) is 0 Å². The molecule has 0 aromatic carbocycles. The van der Waals surface area contributed by atoms with Crippen LogP contribution in [0.3, 0.4) is 0 Å². The van der Waals surface area contributed by atoms with Crippen LogP contribution >= 0.6 is 0 Å². The summed E-state index contributed by atoms with van der Waals surface area (Å²) in [4.78, 5) is 4.55. The van der Waals surface area contributed by atoms with Gasteiger partial charge in [0.05, 0.1) is 12.7 Å². The monoisotopic (exact) mass is 224 g/mol. The number of aryl methyl sites for hydroxylation is 1. The number of aromatic nitrogens is 3. The summed E-state index contributed by atoms with van der Waals surface area (Å²) >= 11 is 0. The zero-order valence-corrected chi connectivity index (χ0v) is 10.2. The molecule has 1 aliphatic heterocycles. The molecule has 2 heterocycles. The minimum absolute atomic E-state index is 0.233. The zero-order chi connectivity index (χ0) is 11.5. The molecule has 1 unspecified atom stereocenters. The molecule has 0 amide bonds. The Balaban J connectivity index is 2.02. The number of hydrogen-bond acceptors (Lipinski definition) is 4. The molecular weight excluding hydrogens is 204 g/mol. The molecule has 0 spiro atoms. The van der Waals surface area contributed by atoms with Crippen LogP contribution in [0.15, 0.2) is 0 Å². The maximum atomic E-state index is 5.66.